The molecule has 2 rings (SSSR count). The van der Waals surface area contributed by atoms with Crippen molar-refractivity contribution in [3.63, 3.8) is 0 Å². The molecule has 1 aromatic heterocycles. The molecule has 0 spiro atoms. The van der Waals surface area contributed by atoms with E-state index in [4.69, 9.17) is 11.6 Å². The van der Waals surface area contributed by atoms with Crippen molar-refractivity contribution in [3.8, 4) is 0 Å². The summed E-state index contributed by atoms with van der Waals surface area (Å²) >= 11 is 9.33. The van der Waals surface area contributed by atoms with Gasteiger partial charge in [-0.2, -0.15) is 0 Å². The van der Waals surface area contributed by atoms with E-state index in [1.54, 1.807) is 19.2 Å². The second-order valence-corrected chi connectivity index (χ2v) is 5.13. The Morgan fingerprint density at radius 3 is 2.93 bits per heavy atom. The van der Waals surface area contributed by atoms with Crippen LogP contribution in [0.5, 0.6) is 0 Å². The molecule has 1 N–H and O–H groups in total. The molecule has 2 aromatic rings. The molecule has 1 atom stereocenters. The highest BCUT2D eigenvalue weighted by atomic mass is 79.9. The number of ketones is 1. The summed E-state index contributed by atoms with van der Waals surface area (Å²) < 4.78 is 0. The maximum atomic E-state index is 11.8. The van der Waals surface area contributed by atoms with Crippen molar-refractivity contribution < 1.29 is 4.79 Å². The third kappa shape index (κ3) is 1.82. The van der Waals surface area contributed by atoms with Crippen LogP contribution >= 0.6 is 27.5 Å². The number of hydrogen-bond acceptors (Lipinski definition) is 1. The number of nitrogens with one attached hydrogen (secondary N) is 1. The molecule has 0 saturated heterocycles. The normalized spacial score (nSPS) is 13.0. The Bertz CT molecular complexity index is 518. The Balaban J connectivity index is 2.67. The number of carbonyl (C=O) groups is 1. The molecule has 0 radical (unpaired) electrons. The Morgan fingerprint density at radius 2 is 2.27 bits per heavy atom. The summed E-state index contributed by atoms with van der Waals surface area (Å²) in [6.45, 7) is 1.80. The van der Waals surface area contributed by atoms with Crippen LogP contribution in [-0.2, 0) is 0 Å². The highest BCUT2D eigenvalue weighted by Gasteiger charge is 2.17. The Hall–Kier alpha value is -0.800. The van der Waals surface area contributed by atoms with Gasteiger partial charge in [-0.25, -0.2) is 0 Å². The lowest BCUT2D eigenvalue weighted by Crippen LogP contribution is -2.09. The van der Waals surface area contributed by atoms with Gasteiger partial charge in [0.25, 0.3) is 0 Å². The van der Waals surface area contributed by atoms with E-state index in [1.165, 1.54) is 0 Å². The fourth-order valence-corrected chi connectivity index (χ4v) is 2.07. The van der Waals surface area contributed by atoms with Crippen LogP contribution in [0.1, 0.15) is 17.3 Å². The van der Waals surface area contributed by atoms with Crippen LogP contribution in [0.3, 0.4) is 0 Å². The summed E-state index contributed by atoms with van der Waals surface area (Å²) in [7, 11) is 0. The minimum Gasteiger partial charge on any atom is -0.360 e. The highest BCUT2D eigenvalue weighted by molar-refractivity contribution is 9.10. The second-order valence-electron chi connectivity index (χ2n) is 3.34. The van der Waals surface area contributed by atoms with Gasteiger partial charge in [0, 0.05) is 22.7 Å². The third-order valence-electron chi connectivity index (χ3n) is 2.28. The summed E-state index contributed by atoms with van der Waals surface area (Å²) in [5, 5.41) is 1.40. The average molecular weight is 287 g/mol. The second kappa shape index (κ2) is 3.99. The van der Waals surface area contributed by atoms with Crippen molar-refractivity contribution in [3.05, 3.63) is 35.0 Å². The summed E-state index contributed by atoms with van der Waals surface area (Å²) in [5.41, 5.74) is 1.53. The first kappa shape index (κ1) is 10.7. The lowest BCUT2D eigenvalue weighted by atomic mass is 10.1. The zero-order valence-electron chi connectivity index (χ0n) is 8.05. The van der Waals surface area contributed by atoms with E-state index in [0.29, 0.717) is 10.6 Å². The van der Waals surface area contributed by atoms with Crippen molar-refractivity contribution in [2.24, 2.45) is 0 Å². The van der Waals surface area contributed by atoms with Gasteiger partial charge in [-0.1, -0.05) is 33.6 Å². The first-order valence-electron chi connectivity index (χ1n) is 4.55. The number of Topliss-reactive ketones (excluding diaryl/α,β-unsaturated/α-hetero) is 1. The third-order valence-corrected chi connectivity index (χ3v) is 3.01. The van der Waals surface area contributed by atoms with E-state index < -0.39 is 0 Å². The van der Waals surface area contributed by atoms with Gasteiger partial charge in [0.2, 0.25) is 0 Å². The number of aromatic amines is 1. The number of rotatable bonds is 2. The number of fused-ring (bicyclic) bond motifs is 1. The van der Waals surface area contributed by atoms with E-state index in [2.05, 4.69) is 20.9 Å². The number of H-pyrrole nitrogens is 1. The fraction of sp³-hybridized carbons (Fsp3) is 0.182. The Labute approximate surface area is 101 Å². The van der Waals surface area contributed by atoms with Gasteiger partial charge in [-0.3, -0.25) is 4.79 Å². The quantitative estimate of drug-likeness (QED) is 0.661. The highest BCUT2D eigenvalue weighted by Crippen LogP contribution is 2.28. The summed E-state index contributed by atoms with van der Waals surface area (Å²) in [6.07, 6.45) is 1.70. The first-order valence-corrected chi connectivity index (χ1v) is 5.84. The maximum Gasteiger partial charge on any atom is 0.178 e. The van der Waals surface area contributed by atoms with Crippen LogP contribution in [0.4, 0.5) is 0 Å². The van der Waals surface area contributed by atoms with Crippen LogP contribution in [0, 0.1) is 0 Å². The van der Waals surface area contributed by atoms with E-state index in [1.807, 2.05) is 12.1 Å². The van der Waals surface area contributed by atoms with Crippen LogP contribution in [-0.4, -0.2) is 15.6 Å². The van der Waals surface area contributed by atoms with Crippen molar-refractivity contribution in [1.29, 1.82) is 0 Å². The molecular formula is C11H9BrClNO. The molecular weight excluding hydrogens is 277 g/mol. The molecule has 1 aromatic carbocycles. The van der Waals surface area contributed by atoms with Crippen LogP contribution in [0.2, 0.25) is 5.02 Å². The molecule has 2 nitrogen and oxygen atoms in total. The Morgan fingerprint density at radius 1 is 1.53 bits per heavy atom. The molecule has 0 bridgehead atoms. The van der Waals surface area contributed by atoms with Gasteiger partial charge in [0.05, 0.1) is 9.85 Å². The van der Waals surface area contributed by atoms with Crippen LogP contribution in [0.25, 0.3) is 10.9 Å². The average Bonchev–Trinajstić information content (AvgIpc) is 2.61. The van der Waals surface area contributed by atoms with E-state index >= 15 is 0 Å². The summed E-state index contributed by atoms with van der Waals surface area (Å²) in [6, 6.07) is 5.54. The van der Waals surface area contributed by atoms with Gasteiger partial charge in [-0.05, 0) is 19.1 Å². The molecule has 15 heavy (non-hydrogen) atoms. The lowest BCUT2D eigenvalue weighted by Gasteiger charge is -2.01. The molecule has 1 unspecified atom stereocenters. The van der Waals surface area contributed by atoms with Gasteiger partial charge < -0.3 is 4.98 Å². The zero-order chi connectivity index (χ0) is 11.0. The number of carbonyl (C=O) groups excluding carboxylic acids is 1. The monoisotopic (exact) mass is 285 g/mol. The summed E-state index contributed by atoms with van der Waals surface area (Å²) in [4.78, 5) is 14.7. The predicted molar refractivity (Wildman–Crippen MR) is 66.0 cm³/mol. The number of alkyl halides is 1. The van der Waals surface area contributed by atoms with E-state index in [9.17, 15) is 4.79 Å². The van der Waals surface area contributed by atoms with Crippen molar-refractivity contribution in [2.75, 3.05) is 0 Å². The first-order chi connectivity index (χ1) is 7.11. The molecule has 0 aliphatic carbocycles. The largest absolute Gasteiger partial charge is 0.360 e. The standard InChI is InChI=1S/C11H9BrClNO/c1-6(12)11(15)7-5-14-9-4-2-3-8(13)10(7)9/h2-6,14H,1H3. The molecule has 0 saturated carbocycles. The molecule has 0 aliphatic heterocycles. The van der Waals surface area contributed by atoms with E-state index in [-0.39, 0.29) is 10.6 Å². The van der Waals surface area contributed by atoms with Crippen LogP contribution < -0.4 is 0 Å². The van der Waals surface area contributed by atoms with Crippen molar-refractivity contribution in [2.45, 2.75) is 11.8 Å². The molecule has 0 aliphatic rings. The molecule has 78 valence electrons. The molecule has 0 fully saturated rings. The minimum atomic E-state index is -0.201. The molecule has 1 heterocycles. The van der Waals surface area contributed by atoms with Gasteiger partial charge in [0.15, 0.2) is 5.78 Å². The van der Waals surface area contributed by atoms with Crippen molar-refractivity contribution >= 4 is 44.2 Å². The minimum absolute atomic E-state index is 0.0364. The van der Waals surface area contributed by atoms with Gasteiger partial charge in [-0.15, -0.1) is 0 Å². The number of hydrogen-bond donors (Lipinski definition) is 1. The van der Waals surface area contributed by atoms with Gasteiger partial charge >= 0.3 is 0 Å². The number of benzene rings is 1. The van der Waals surface area contributed by atoms with Gasteiger partial charge in [0.1, 0.15) is 0 Å². The number of halogens is 2. The fourth-order valence-electron chi connectivity index (χ4n) is 1.55. The molecule has 4 heteroatoms. The smallest absolute Gasteiger partial charge is 0.178 e. The van der Waals surface area contributed by atoms with Crippen molar-refractivity contribution in [1.82, 2.24) is 4.98 Å². The SMILES string of the molecule is CC(Br)C(=O)c1c[nH]c2cccc(Cl)c12. The maximum absolute atomic E-state index is 11.8. The lowest BCUT2D eigenvalue weighted by molar-refractivity contribution is 0.0997. The topological polar surface area (TPSA) is 32.9 Å². The van der Waals surface area contributed by atoms with E-state index in [0.717, 1.165) is 10.9 Å². The zero-order valence-corrected chi connectivity index (χ0v) is 10.4. The van der Waals surface area contributed by atoms with Crippen LogP contribution in [0.15, 0.2) is 24.4 Å². The predicted octanol–water partition coefficient (Wildman–Crippen LogP) is 3.79. The number of aromatic nitrogens is 1. The summed E-state index contributed by atoms with van der Waals surface area (Å²) in [5.74, 6) is 0.0364. The molecule has 0 amide bonds. The Kier molecular flexibility index (Phi) is 2.85.